The summed E-state index contributed by atoms with van der Waals surface area (Å²) >= 11 is 9.49. The molecule has 1 unspecified atom stereocenters. The Hall–Kier alpha value is -0.130. The van der Waals surface area contributed by atoms with Gasteiger partial charge in [0.25, 0.3) is 0 Å². The van der Waals surface area contributed by atoms with Gasteiger partial charge in [0, 0.05) is 30.7 Å². The zero-order valence-corrected chi connectivity index (χ0v) is 12.8. The second kappa shape index (κ2) is 6.87. The number of halogens is 2. The molecule has 3 nitrogen and oxygen atoms in total. The minimum Gasteiger partial charge on any atom is -0.374 e. The average molecular weight is 334 g/mol. The lowest BCUT2D eigenvalue weighted by atomic mass is 10.2. The summed E-state index contributed by atoms with van der Waals surface area (Å²) in [4.78, 5) is 2.26. The van der Waals surface area contributed by atoms with Gasteiger partial charge in [-0.1, -0.05) is 17.7 Å². The molecule has 0 amide bonds. The highest BCUT2D eigenvalue weighted by Crippen LogP contribution is 2.23. The fraction of sp³-hybridized carbons (Fsp3) is 0.538. The van der Waals surface area contributed by atoms with Gasteiger partial charge >= 0.3 is 0 Å². The van der Waals surface area contributed by atoms with Gasteiger partial charge in [-0.15, -0.1) is 0 Å². The van der Waals surface area contributed by atoms with Crippen LogP contribution in [0, 0.1) is 0 Å². The van der Waals surface area contributed by atoms with Crippen molar-refractivity contribution < 1.29 is 4.74 Å². The zero-order chi connectivity index (χ0) is 13.0. The van der Waals surface area contributed by atoms with E-state index in [-0.39, 0.29) is 6.10 Å². The van der Waals surface area contributed by atoms with Crippen LogP contribution in [-0.4, -0.2) is 44.3 Å². The topological polar surface area (TPSA) is 24.5 Å². The molecule has 0 aromatic heterocycles. The summed E-state index contributed by atoms with van der Waals surface area (Å²) in [5.41, 5.74) is 1.22. The molecule has 5 heteroatoms. The van der Waals surface area contributed by atoms with Crippen molar-refractivity contribution in [3.63, 3.8) is 0 Å². The highest BCUT2D eigenvalue weighted by molar-refractivity contribution is 9.10. The lowest BCUT2D eigenvalue weighted by Gasteiger charge is -2.28. The Balaban J connectivity index is 1.85. The monoisotopic (exact) mass is 332 g/mol. The van der Waals surface area contributed by atoms with Crippen molar-refractivity contribution in [3.05, 3.63) is 33.3 Å². The van der Waals surface area contributed by atoms with Crippen LogP contribution in [0.5, 0.6) is 0 Å². The Morgan fingerprint density at radius 1 is 1.56 bits per heavy atom. The third-order valence-electron chi connectivity index (χ3n) is 2.96. The van der Waals surface area contributed by atoms with Gasteiger partial charge in [0.05, 0.1) is 17.7 Å². The Morgan fingerprint density at radius 3 is 3.06 bits per heavy atom. The van der Waals surface area contributed by atoms with Gasteiger partial charge in [-0.25, -0.2) is 0 Å². The first kappa shape index (κ1) is 14.3. The van der Waals surface area contributed by atoms with Crippen LogP contribution in [0.1, 0.15) is 5.56 Å². The highest BCUT2D eigenvalue weighted by atomic mass is 79.9. The Bertz CT molecular complexity index is 397. The lowest BCUT2D eigenvalue weighted by Crippen LogP contribution is -2.44. The maximum atomic E-state index is 6.09. The van der Waals surface area contributed by atoms with E-state index in [1.54, 1.807) is 0 Å². The van der Waals surface area contributed by atoms with E-state index in [1.165, 1.54) is 5.56 Å². The van der Waals surface area contributed by atoms with Crippen molar-refractivity contribution in [2.75, 3.05) is 33.3 Å². The van der Waals surface area contributed by atoms with Gasteiger partial charge in [-0.05, 0) is 40.7 Å². The SMILES string of the molecule is CN(Cc1ccc(Br)c(Cl)c1)CC1CNCCO1. The van der Waals surface area contributed by atoms with E-state index in [1.807, 2.05) is 12.1 Å². The van der Waals surface area contributed by atoms with E-state index in [2.05, 4.69) is 39.3 Å². The molecule has 1 N–H and O–H groups in total. The van der Waals surface area contributed by atoms with E-state index in [0.29, 0.717) is 0 Å². The number of likely N-dealkylation sites (N-methyl/N-ethyl adjacent to an activating group) is 1. The van der Waals surface area contributed by atoms with Crippen molar-refractivity contribution in [3.8, 4) is 0 Å². The first-order valence-electron chi connectivity index (χ1n) is 6.10. The van der Waals surface area contributed by atoms with E-state index in [4.69, 9.17) is 16.3 Å². The normalized spacial score (nSPS) is 20.3. The van der Waals surface area contributed by atoms with Gasteiger partial charge in [-0.3, -0.25) is 4.90 Å². The van der Waals surface area contributed by atoms with Crippen LogP contribution in [0.3, 0.4) is 0 Å². The van der Waals surface area contributed by atoms with E-state index >= 15 is 0 Å². The van der Waals surface area contributed by atoms with E-state index < -0.39 is 0 Å². The molecule has 2 rings (SSSR count). The lowest BCUT2D eigenvalue weighted by molar-refractivity contribution is 0.00885. The van der Waals surface area contributed by atoms with Crippen LogP contribution in [0.15, 0.2) is 22.7 Å². The first-order valence-corrected chi connectivity index (χ1v) is 7.27. The average Bonchev–Trinajstić information content (AvgIpc) is 2.35. The molecule has 0 saturated carbocycles. The molecule has 1 aromatic carbocycles. The Morgan fingerprint density at radius 2 is 2.39 bits per heavy atom. The maximum absolute atomic E-state index is 6.09. The number of hydrogen-bond donors (Lipinski definition) is 1. The molecule has 1 fully saturated rings. The number of morpholine rings is 1. The van der Waals surface area contributed by atoms with Crippen LogP contribution in [-0.2, 0) is 11.3 Å². The molecule has 1 heterocycles. The third kappa shape index (κ3) is 4.21. The molecule has 1 aliphatic heterocycles. The van der Waals surface area contributed by atoms with Gasteiger partial charge in [-0.2, -0.15) is 0 Å². The summed E-state index contributed by atoms with van der Waals surface area (Å²) in [6.45, 7) is 4.52. The molecule has 0 aliphatic carbocycles. The molecular formula is C13H18BrClN2O. The fourth-order valence-corrected chi connectivity index (χ4v) is 2.55. The number of rotatable bonds is 4. The summed E-state index contributed by atoms with van der Waals surface area (Å²) in [5.74, 6) is 0. The molecule has 1 aromatic rings. The molecule has 1 atom stereocenters. The molecule has 1 saturated heterocycles. The van der Waals surface area contributed by atoms with Crippen LogP contribution in [0.2, 0.25) is 5.02 Å². The largest absolute Gasteiger partial charge is 0.374 e. The number of hydrogen-bond acceptors (Lipinski definition) is 3. The van der Waals surface area contributed by atoms with Gasteiger partial charge in [0.1, 0.15) is 0 Å². The molecule has 100 valence electrons. The standard InChI is InChI=1S/C13H18BrClN2O/c1-17(9-11-7-16-4-5-18-11)8-10-2-3-12(14)13(15)6-10/h2-3,6,11,16H,4-5,7-9H2,1H3. The molecule has 0 bridgehead atoms. The summed E-state index contributed by atoms with van der Waals surface area (Å²) in [5, 5.41) is 4.10. The summed E-state index contributed by atoms with van der Waals surface area (Å²) in [6.07, 6.45) is 0.287. The van der Waals surface area contributed by atoms with Crippen LogP contribution in [0.4, 0.5) is 0 Å². The molecule has 0 radical (unpaired) electrons. The van der Waals surface area contributed by atoms with Crippen molar-refractivity contribution in [1.82, 2.24) is 10.2 Å². The van der Waals surface area contributed by atoms with Crippen LogP contribution in [0.25, 0.3) is 0 Å². The predicted octanol–water partition coefficient (Wildman–Crippen LogP) is 2.52. The second-order valence-corrected chi connectivity index (χ2v) is 5.90. The molecule has 0 spiro atoms. The third-order valence-corrected chi connectivity index (χ3v) is 4.19. The highest BCUT2D eigenvalue weighted by Gasteiger charge is 2.15. The molecular weight excluding hydrogens is 316 g/mol. The van der Waals surface area contributed by atoms with E-state index in [9.17, 15) is 0 Å². The van der Waals surface area contributed by atoms with Crippen LogP contribution < -0.4 is 5.32 Å². The zero-order valence-electron chi connectivity index (χ0n) is 10.5. The summed E-state index contributed by atoms with van der Waals surface area (Å²) in [7, 11) is 2.11. The van der Waals surface area contributed by atoms with Gasteiger partial charge < -0.3 is 10.1 Å². The maximum Gasteiger partial charge on any atom is 0.0826 e. The Labute approximate surface area is 122 Å². The van der Waals surface area contributed by atoms with Crippen molar-refractivity contribution in [2.45, 2.75) is 12.6 Å². The van der Waals surface area contributed by atoms with E-state index in [0.717, 1.165) is 42.3 Å². The first-order chi connectivity index (χ1) is 8.65. The van der Waals surface area contributed by atoms with Crippen molar-refractivity contribution in [2.24, 2.45) is 0 Å². The number of ether oxygens (including phenoxy) is 1. The second-order valence-electron chi connectivity index (χ2n) is 4.64. The smallest absolute Gasteiger partial charge is 0.0826 e. The molecule has 18 heavy (non-hydrogen) atoms. The minimum absolute atomic E-state index is 0.287. The summed E-state index contributed by atoms with van der Waals surface area (Å²) in [6, 6.07) is 6.08. The summed E-state index contributed by atoms with van der Waals surface area (Å²) < 4.78 is 6.63. The number of nitrogens with one attached hydrogen (secondary N) is 1. The van der Waals surface area contributed by atoms with Crippen molar-refractivity contribution in [1.29, 1.82) is 0 Å². The minimum atomic E-state index is 0.287. The number of benzene rings is 1. The van der Waals surface area contributed by atoms with Gasteiger partial charge in [0.2, 0.25) is 0 Å². The van der Waals surface area contributed by atoms with Crippen LogP contribution >= 0.6 is 27.5 Å². The van der Waals surface area contributed by atoms with Crippen molar-refractivity contribution >= 4 is 27.5 Å². The van der Waals surface area contributed by atoms with Gasteiger partial charge in [0.15, 0.2) is 0 Å². The predicted molar refractivity (Wildman–Crippen MR) is 78.1 cm³/mol. The fourth-order valence-electron chi connectivity index (χ4n) is 2.10. The molecule has 1 aliphatic rings. The number of nitrogens with zero attached hydrogens (tertiary/aromatic N) is 1. The quantitative estimate of drug-likeness (QED) is 0.916. The Kier molecular flexibility index (Phi) is 5.45.